The number of rotatable bonds is 7. The molecule has 102 valence electrons. The highest BCUT2D eigenvalue weighted by atomic mass is 16.5. The van der Waals surface area contributed by atoms with Crippen LogP contribution in [0.2, 0.25) is 0 Å². The molecule has 3 heteroatoms. The van der Waals surface area contributed by atoms with Crippen molar-refractivity contribution < 1.29 is 4.74 Å². The van der Waals surface area contributed by atoms with E-state index in [-0.39, 0.29) is 0 Å². The minimum Gasteiger partial charge on any atom is -0.496 e. The number of hydrogen-bond donors (Lipinski definition) is 1. The Morgan fingerprint density at radius 2 is 2.11 bits per heavy atom. The van der Waals surface area contributed by atoms with Crippen LogP contribution in [0.1, 0.15) is 37.1 Å². The van der Waals surface area contributed by atoms with Gasteiger partial charge >= 0.3 is 0 Å². The molecule has 1 atom stereocenters. The van der Waals surface area contributed by atoms with Gasteiger partial charge in [0, 0.05) is 23.0 Å². The number of aryl methyl sites for hydroxylation is 1. The van der Waals surface area contributed by atoms with Crippen LogP contribution >= 0.6 is 0 Å². The molecule has 0 bridgehead atoms. The highest BCUT2D eigenvalue weighted by Crippen LogP contribution is 2.25. The van der Waals surface area contributed by atoms with Gasteiger partial charge < -0.3 is 10.1 Å². The molecule has 0 aromatic carbocycles. The van der Waals surface area contributed by atoms with Gasteiger partial charge in [0.1, 0.15) is 5.75 Å². The molecule has 0 radical (unpaired) electrons. The lowest BCUT2D eigenvalue weighted by molar-refractivity contribution is 0.405. The maximum Gasteiger partial charge on any atom is 0.128 e. The topological polar surface area (TPSA) is 34.2 Å². The molecule has 0 aliphatic heterocycles. The van der Waals surface area contributed by atoms with Gasteiger partial charge in [-0.05, 0) is 45.7 Å². The van der Waals surface area contributed by atoms with Crippen LogP contribution in [0.5, 0.6) is 5.75 Å². The van der Waals surface area contributed by atoms with E-state index >= 15 is 0 Å². The average molecular weight is 250 g/mol. The first kappa shape index (κ1) is 15.0. The quantitative estimate of drug-likeness (QED) is 0.756. The van der Waals surface area contributed by atoms with Crippen molar-refractivity contribution in [3.05, 3.63) is 23.0 Å². The molecule has 18 heavy (non-hydrogen) atoms. The largest absolute Gasteiger partial charge is 0.496 e. The van der Waals surface area contributed by atoms with E-state index in [1.54, 1.807) is 7.11 Å². The third kappa shape index (κ3) is 3.98. The van der Waals surface area contributed by atoms with Crippen molar-refractivity contribution in [1.82, 2.24) is 10.3 Å². The van der Waals surface area contributed by atoms with Gasteiger partial charge in [0.15, 0.2) is 0 Å². The minimum absolute atomic E-state index is 0.641. The predicted octanol–water partition coefficient (Wildman–Crippen LogP) is 2.89. The lowest BCUT2D eigenvalue weighted by Crippen LogP contribution is -2.17. The summed E-state index contributed by atoms with van der Waals surface area (Å²) in [6.45, 7) is 10.7. The molecule has 0 amide bonds. The fourth-order valence-electron chi connectivity index (χ4n) is 2.23. The Morgan fingerprint density at radius 1 is 1.39 bits per heavy atom. The maximum atomic E-state index is 5.44. The zero-order valence-corrected chi connectivity index (χ0v) is 12.3. The first-order valence-electron chi connectivity index (χ1n) is 6.79. The van der Waals surface area contributed by atoms with E-state index in [0.29, 0.717) is 5.92 Å². The van der Waals surface area contributed by atoms with Gasteiger partial charge in [0.05, 0.1) is 7.11 Å². The maximum absolute atomic E-state index is 5.44. The van der Waals surface area contributed by atoms with Gasteiger partial charge in [-0.1, -0.05) is 13.8 Å². The molecule has 0 saturated carbocycles. The van der Waals surface area contributed by atoms with E-state index < -0.39 is 0 Å². The summed E-state index contributed by atoms with van der Waals surface area (Å²) >= 11 is 0. The van der Waals surface area contributed by atoms with Gasteiger partial charge in [0.2, 0.25) is 0 Å². The minimum atomic E-state index is 0.641. The second-order valence-electron chi connectivity index (χ2n) is 5.00. The molecule has 1 unspecified atom stereocenters. The lowest BCUT2D eigenvalue weighted by Gasteiger charge is -2.15. The molecular formula is C15H26N2O. The second-order valence-corrected chi connectivity index (χ2v) is 5.00. The van der Waals surface area contributed by atoms with Crippen LogP contribution < -0.4 is 10.1 Å². The smallest absolute Gasteiger partial charge is 0.128 e. The Bertz CT molecular complexity index is 377. The predicted molar refractivity (Wildman–Crippen MR) is 76.3 cm³/mol. The summed E-state index contributed by atoms with van der Waals surface area (Å²) in [7, 11) is 1.73. The average Bonchev–Trinajstić information content (AvgIpc) is 2.34. The highest BCUT2D eigenvalue weighted by Gasteiger charge is 2.12. The van der Waals surface area contributed by atoms with E-state index in [9.17, 15) is 0 Å². The van der Waals surface area contributed by atoms with Gasteiger partial charge in [-0.2, -0.15) is 0 Å². The van der Waals surface area contributed by atoms with Crippen molar-refractivity contribution in [1.29, 1.82) is 0 Å². The Labute approximate surface area is 111 Å². The third-order valence-electron chi connectivity index (χ3n) is 3.36. The molecule has 1 aromatic heterocycles. The summed E-state index contributed by atoms with van der Waals surface area (Å²) in [5.74, 6) is 1.63. The van der Waals surface area contributed by atoms with Crippen molar-refractivity contribution in [3.63, 3.8) is 0 Å². The van der Waals surface area contributed by atoms with Gasteiger partial charge in [-0.25, -0.2) is 0 Å². The number of ether oxygens (including phenoxy) is 1. The van der Waals surface area contributed by atoms with E-state index in [1.165, 1.54) is 17.7 Å². The number of nitrogens with one attached hydrogen (secondary N) is 1. The zero-order chi connectivity index (χ0) is 13.5. The molecule has 0 spiro atoms. The molecule has 3 nitrogen and oxygen atoms in total. The first-order valence-corrected chi connectivity index (χ1v) is 6.79. The van der Waals surface area contributed by atoms with Crippen molar-refractivity contribution in [2.45, 2.75) is 40.5 Å². The van der Waals surface area contributed by atoms with Crippen LogP contribution in [0.4, 0.5) is 0 Å². The molecular weight excluding hydrogens is 224 g/mol. The van der Waals surface area contributed by atoms with Gasteiger partial charge in [-0.15, -0.1) is 0 Å². The highest BCUT2D eigenvalue weighted by molar-refractivity contribution is 5.41. The molecule has 0 fully saturated rings. The zero-order valence-electron chi connectivity index (χ0n) is 12.3. The molecule has 0 aliphatic carbocycles. The number of methoxy groups -OCH3 is 1. The summed E-state index contributed by atoms with van der Waals surface area (Å²) in [6.07, 6.45) is 4.12. The van der Waals surface area contributed by atoms with E-state index in [1.807, 2.05) is 13.1 Å². The number of nitrogens with zero attached hydrogens (tertiary/aromatic N) is 1. The number of pyridine rings is 1. The summed E-state index contributed by atoms with van der Waals surface area (Å²) in [4.78, 5) is 4.55. The van der Waals surface area contributed by atoms with Crippen molar-refractivity contribution >= 4 is 0 Å². The summed E-state index contributed by atoms with van der Waals surface area (Å²) in [5.41, 5.74) is 3.47. The van der Waals surface area contributed by atoms with Crippen LogP contribution in [0.25, 0.3) is 0 Å². The fourth-order valence-corrected chi connectivity index (χ4v) is 2.23. The molecule has 0 saturated heterocycles. The van der Waals surface area contributed by atoms with Crippen LogP contribution in [0.3, 0.4) is 0 Å². The monoisotopic (exact) mass is 250 g/mol. The van der Waals surface area contributed by atoms with Crippen LogP contribution in [0, 0.1) is 19.8 Å². The van der Waals surface area contributed by atoms with Gasteiger partial charge in [0.25, 0.3) is 0 Å². The van der Waals surface area contributed by atoms with E-state index in [0.717, 1.165) is 30.8 Å². The molecule has 1 rings (SSSR count). The van der Waals surface area contributed by atoms with Crippen molar-refractivity contribution in [2.75, 3.05) is 20.2 Å². The fraction of sp³-hybridized carbons (Fsp3) is 0.667. The second kappa shape index (κ2) is 7.37. The van der Waals surface area contributed by atoms with E-state index in [2.05, 4.69) is 31.1 Å². The Kier molecular flexibility index (Phi) is 6.13. The number of hydrogen-bond acceptors (Lipinski definition) is 3. The molecule has 1 N–H and O–H groups in total. The normalized spacial score (nSPS) is 12.5. The molecule has 0 aliphatic rings. The number of aromatic nitrogens is 1. The first-order chi connectivity index (χ1) is 8.60. The third-order valence-corrected chi connectivity index (χ3v) is 3.36. The summed E-state index contributed by atoms with van der Waals surface area (Å²) in [5, 5.41) is 3.37. The Balaban J connectivity index is 2.67. The Hall–Kier alpha value is -1.09. The van der Waals surface area contributed by atoms with Crippen molar-refractivity contribution in [3.8, 4) is 5.75 Å². The Morgan fingerprint density at radius 3 is 2.72 bits per heavy atom. The van der Waals surface area contributed by atoms with Gasteiger partial charge in [-0.3, -0.25) is 4.98 Å². The summed E-state index contributed by atoms with van der Waals surface area (Å²) in [6, 6.07) is 0. The molecule has 1 aromatic rings. The SMILES string of the molecule is CCNCCC(C)Cc1ncc(C)c(OC)c1C. The summed E-state index contributed by atoms with van der Waals surface area (Å²) < 4.78 is 5.44. The van der Waals surface area contributed by atoms with Crippen LogP contribution in [-0.2, 0) is 6.42 Å². The lowest BCUT2D eigenvalue weighted by atomic mass is 9.98. The van der Waals surface area contributed by atoms with E-state index in [4.69, 9.17) is 4.74 Å². The standard InChI is InChI=1S/C15H26N2O/c1-6-16-8-7-11(2)9-14-13(4)15(18-5)12(3)10-17-14/h10-11,16H,6-9H2,1-5H3. The van der Waals surface area contributed by atoms with Crippen molar-refractivity contribution in [2.24, 2.45) is 5.92 Å². The van der Waals surface area contributed by atoms with Crippen LogP contribution in [-0.4, -0.2) is 25.2 Å². The molecule has 1 heterocycles. The van der Waals surface area contributed by atoms with Crippen LogP contribution in [0.15, 0.2) is 6.20 Å².